The summed E-state index contributed by atoms with van der Waals surface area (Å²) in [6, 6.07) is 5.48. The van der Waals surface area contributed by atoms with Gasteiger partial charge in [0.15, 0.2) is 23.4 Å². The lowest BCUT2D eigenvalue weighted by molar-refractivity contribution is 0.198. The molecule has 1 aliphatic heterocycles. The summed E-state index contributed by atoms with van der Waals surface area (Å²) < 4.78 is 23.8. The topological polar surface area (TPSA) is 87.8 Å². The molecule has 2 heterocycles. The van der Waals surface area contributed by atoms with E-state index in [0.717, 1.165) is 44.0 Å². The third-order valence-corrected chi connectivity index (χ3v) is 4.76. The first-order chi connectivity index (χ1) is 13.6. The largest absolute Gasteiger partial charge is 0.494 e. The summed E-state index contributed by atoms with van der Waals surface area (Å²) in [6.45, 7) is 4.83. The summed E-state index contributed by atoms with van der Waals surface area (Å²) in [5.74, 6) is 1.83. The van der Waals surface area contributed by atoms with Gasteiger partial charge in [-0.15, -0.1) is 0 Å². The van der Waals surface area contributed by atoms with Gasteiger partial charge in [-0.1, -0.05) is 11.2 Å². The second kappa shape index (κ2) is 9.50. The molecule has 9 heteroatoms. The van der Waals surface area contributed by atoms with Gasteiger partial charge in [0, 0.05) is 39.6 Å². The van der Waals surface area contributed by atoms with Crippen LogP contribution in [-0.2, 0) is 13.1 Å². The Kier molecular flexibility index (Phi) is 6.80. The molecule has 1 aliphatic rings. The maximum Gasteiger partial charge on any atom is 0.223 e. The number of nitrogens with zero attached hydrogens (tertiary/aromatic N) is 4. The first-order valence-electron chi connectivity index (χ1n) is 9.38. The molecule has 8 nitrogen and oxygen atoms in total. The van der Waals surface area contributed by atoms with Crippen molar-refractivity contribution in [3.05, 3.63) is 41.3 Å². The molecule has 152 valence electrons. The van der Waals surface area contributed by atoms with Gasteiger partial charge >= 0.3 is 0 Å². The summed E-state index contributed by atoms with van der Waals surface area (Å²) in [4.78, 5) is 10.8. The molecule has 0 spiro atoms. The Morgan fingerprint density at radius 3 is 2.79 bits per heavy atom. The highest BCUT2D eigenvalue weighted by molar-refractivity contribution is 5.79. The van der Waals surface area contributed by atoms with Crippen LogP contribution in [0.15, 0.2) is 27.7 Å². The number of nitrogens with one attached hydrogen (secondary N) is 2. The van der Waals surface area contributed by atoms with Crippen LogP contribution in [0.25, 0.3) is 0 Å². The van der Waals surface area contributed by atoms with Crippen molar-refractivity contribution < 1.29 is 13.7 Å². The number of piperidine rings is 1. The fourth-order valence-electron chi connectivity index (χ4n) is 3.27. The summed E-state index contributed by atoms with van der Waals surface area (Å²) in [7, 11) is 3.21. The average molecular weight is 390 g/mol. The van der Waals surface area contributed by atoms with E-state index in [4.69, 9.17) is 9.26 Å². The van der Waals surface area contributed by atoms with Crippen molar-refractivity contribution in [3.63, 3.8) is 0 Å². The lowest BCUT2D eigenvalue weighted by Crippen LogP contribution is -2.48. The molecule has 0 aliphatic carbocycles. The third-order valence-electron chi connectivity index (χ3n) is 4.76. The number of hydrogen-bond donors (Lipinski definition) is 2. The van der Waals surface area contributed by atoms with E-state index in [1.807, 2.05) is 6.07 Å². The second-order valence-electron chi connectivity index (χ2n) is 6.82. The van der Waals surface area contributed by atoms with Gasteiger partial charge in [-0.2, -0.15) is 4.98 Å². The Labute approximate surface area is 164 Å². The van der Waals surface area contributed by atoms with Crippen molar-refractivity contribution in [2.45, 2.75) is 38.9 Å². The molecule has 28 heavy (non-hydrogen) atoms. The van der Waals surface area contributed by atoms with E-state index < -0.39 is 0 Å². The Bertz CT molecular complexity index is 801. The number of rotatable bonds is 6. The molecule has 1 saturated heterocycles. The first kappa shape index (κ1) is 20.1. The number of aliphatic imine (C=N–C) groups is 1. The summed E-state index contributed by atoms with van der Waals surface area (Å²) in [5, 5.41) is 10.5. The van der Waals surface area contributed by atoms with Crippen LogP contribution in [0.5, 0.6) is 5.75 Å². The van der Waals surface area contributed by atoms with Crippen molar-refractivity contribution in [2.24, 2.45) is 4.99 Å². The summed E-state index contributed by atoms with van der Waals surface area (Å²) in [6.07, 6.45) is 1.97. The minimum atomic E-state index is -0.316. The van der Waals surface area contributed by atoms with Crippen LogP contribution < -0.4 is 15.4 Å². The minimum absolute atomic E-state index is 0.279. The van der Waals surface area contributed by atoms with Crippen molar-refractivity contribution >= 4 is 5.96 Å². The molecule has 1 aromatic carbocycles. The van der Waals surface area contributed by atoms with E-state index in [9.17, 15) is 4.39 Å². The predicted octanol–water partition coefficient (Wildman–Crippen LogP) is 1.86. The maximum absolute atomic E-state index is 13.9. The average Bonchev–Trinajstić information content (AvgIpc) is 3.12. The molecular weight excluding hydrogens is 363 g/mol. The number of aryl methyl sites for hydroxylation is 1. The smallest absolute Gasteiger partial charge is 0.223 e. The molecule has 1 fully saturated rings. The van der Waals surface area contributed by atoms with E-state index in [1.54, 1.807) is 26.1 Å². The molecule has 0 atom stereocenters. The zero-order valence-corrected chi connectivity index (χ0v) is 16.5. The standard InChI is InChI=1S/C19H27FN6O2/c1-13-23-18(25-28-13)11-22-19(21-2)24-15-6-8-26(9-7-15)12-14-4-5-17(27-3)16(20)10-14/h4-5,10,15H,6-9,11-12H2,1-3H3,(H2,21,22,24). The third kappa shape index (κ3) is 5.41. The highest BCUT2D eigenvalue weighted by Crippen LogP contribution is 2.20. The summed E-state index contributed by atoms with van der Waals surface area (Å²) >= 11 is 0. The normalized spacial score (nSPS) is 16.2. The quantitative estimate of drug-likeness (QED) is 0.575. The highest BCUT2D eigenvalue weighted by Gasteiger charge is 2.20. The van der Waals surface area contributed by atoms with E-state index in [2.05, 4.69) is 30.7 Å². The fourth-order valence-corrected chi connectivity index (χ4v) is 3.27. The van der Waals surface area contributed by atoms with Gasteiger partial charge in [-0.3, -0.25) is 9.89 Å². The van der Waals surface area contributed by atoms with Crippen LogP contribution in [0.2, 0.25) is 0 Å². The fraction of sp³-hybridized carbons (Fsp3) is 0.526. The maximum atomic E-state index is 13.9. The van der Waals surface area contributed by atoms with E-state index >= 15 is 0 Å². The number of ether oxygens (including phenoxy) is 1. The second-order valence-corrected chi connectivity index (χ2v) is 6.82. The van der Waals surface area contributed by atoms with Gasteiger partial charge in [0.1, 0.15) is 0 Å². The van der Waals surface area contributed by atoms with Gasteiger partial charge in [0.05, 0.1) is 13.7 Å². The number of aromatic nitrogens is 2. The molecule has 2 aromatic rings. The highest BCUT2D eigenvalue weighted by atomic mass is 19.1. The minimum Gasteiger partial charge on any atom is -0.494 e. The molecule has 0 saturated carbocycles. The molecule has 1 aromatic heterocycles. The number of halogens is 1. The molecule has 2 N–H and O–H groups in total. The van der Waals surface area contributed by atoms with Gasteiger partial charge in [0.25, 0.3) is 0 Å². The lowest BCUT2D eigenvalue weighted by atomic mass is 10.0. The molecule has 0 unspecified atom stereocenters. The predicted molar refractivity (Wildman–Crippen MR) is 104 cm³/mol. The van der Waals surface area contributed by atoms with E-state index in [1.165, 1.54) is 7.11 Å². The molecule has 3 rings (SSSR count). The zero-order valence-electron chi connectivity index (χ0n) is 16.5. The van der Waals surface area contributed by atoms with Crippen molar-refractivity contribution in [3.8, 4) is 5.75 Å². The molecular formula is C19H27FN6O2. The lowest BCUT2D eigenvalue weighted by Gasteiger charge is -2.33. The van der Waals surface area contributed by atoms with E-state index in [0.29, 0.717) is 24.3 Å². The van der Waals surface area contributed by atoms with Gasteiger partial charge in [-0.05, 0) is 30.5 Å². The van der Waals surface area contributed by atoms with Crippen LogP contribution in [-0.4, -0.2) is 54.3 Å². The number of likely N-dealkylation sites (tertiary alicyclic amines) is 1. The molecule has 0 bridgehead atoms. The first-order valence-corrected chi connectivity index (χ1v) is 9.38. The van der Waals surface area contributed by atoms with Gasteiger partial charge < -0.3 is 19.9 Å². The Morgan fingerprint density at radius 1 is 1.39 bits per heavy atom. The van der Waals surface area contributed by atoms with Crippen LogP contribution >= 0.6 is 0 Å². The molecule has 0 radical (unpaired) electrons. The van der Waals surface area contributed by atoms with E-state index in [-0.39, 0.29) is 11.6 Å². The Morgan fingerprint density at radius 2 is 2.18 bits per heavy atom. The number of guanidine groups is 1. The van der Waals surface area contributed by atoms with Crippen LogP contribution in [0.1, 0.15) is 30.1 Å². The van der Waals surface area contributed by atoms with Crippen molar-refractivity contribution in [2.75, 3.05) is 27.2 Å². The number of hydrogen-bond acceptors (Lipinski definition) is 6. The van der Waals surface area contributed by atoms with Crippen molar-refractivity contribution in [1.29, 1.82) is 0 Å². The van der Waals surface area contributed by atoms with Crippen LogP contribution in [0, 0.1) is 12.7 Å². The monoisotopic (exact) mass is 390 g/mol. The SMILES string of the molecule is CN=C(NCc1noc(C)n1)NC1CCN(Cc2ccc(OC)c(F)c2)CC1. The molecule has 0 amide bonds. The van der Waals surface area contributed by atoms with Crippen LogP contribution in [0.3, 0.4) is 0 Å². The Balaban J connectivity index is 1.43. The van der Waals surface area contributed by atoms with Crippen LogP contribution in [0.4, 0.5) is 4.39 Å². The number of methoxy groups -OCH3 is 1. The zero-order chi connectivity index (χ0) is 19.9. The van der Waals surface area contributed by atoms with Crippen molar-refractivity contribution in [1.82, 2.24) is 25.7 Å². The van der Waals surface area contributed by atoms with Gasteiger partial charge in [-0.25, -0.2) is 4.39 Å². The van der Waals surface area contributed by atoms with Gasteiger partial charge in [0.2, 0.25) is 5.89 Å². The summed E-state index contributed by atoms with van der Waals surface area (Å²) in [5.41, 5.74) is 0.956. The Hall–Kier alpha value is -2.68. The number of benzene rings is 1.